The summed E-state index contributed by atoms with van der Waals surface area (Å²) in [4.78, 5) is 0. The van der Waals surface area contributed by atoms with E-state index in [4.69, 9.17) is 9.47 Å². The SMILES string of the molecule is Cc1c(O)cccc1OC1CCOC2(CCCCC2)C1. The molecule has 1 saturated carbocycles. The molecule has 110 valence electrons. The lowest BCUT2D eigenvalue weighted by molar-refractivity contribution is -0.129. The molecule has 2 aliphatic rings. The van der Waals surface area contributed by atoms with Gasteiger partial charge in [-0.1, -0.05) is 25.3 Å². The van der Waals surface area contributed by atoms with Crippen molar-refractivity contribution < 1.29 is 14.6 Å². The van der Waals surface area contributed by atoms with Gasteiger partial charge < -0.3 is 14.6 Å². The average molecular weight is 276 g/mol. The van der Waals surface area contributed by atoms with E-state index < -0.39 is 0 Å². The van der Waals surface area contributed by atoms with Crippen LogP contribution in [0.3, 0.4) is 0 Å². The van der Waals surface area contributed by atoms with Crippen LogP contribution in [0, 0.1) is 6.92 Å². The first kappa shape index (κ1) is 13.7. The molecule has 1 atom stereocenters. The maximum Gasteiger partial charge on any atom is 0.126 e. The number of ether oxygens (including phenoxy) is 2. The molecule has 1 aromatic rings. The van der Waals surface area contributed by atoms with Gasteiger partial charge in [0, 0.05) is 18.4 Å². The molecule has 0 radical (unpaired) electrons. The summed E-state index contributed by atoms with van der Waals surface area (Å²) in [5, 5.41) is 9.77. The van der Waals surface area contributed by atoms with Gasteiger partial charge in [0.05, 0.1) is 12.2 Å². The highest BCUT2D eigenvalue weighted by Gasteiger charge is 2.39. The van der Waals surface area contributed by atoms with E-state index >= 15 is 0 Å². The molecule has 0 aromatic heterocycles. The standard InChI is InChI=1S/C17H24O3/c1-13-15(18)6-5-7-16(13)20-14-8-11-19-17(12-14)9-3-2-4-10-17/h5-7,14,18H,2-4,8-12H2,1H3. The van der Waals surface area contributed by atoms with Crippen LogP contribution in [-0.2, 0) is 4.74 Å². The molecule has 1 aliphatic carbocycles. The van der Waals surface area contributed by atoms with E-state index in [0.29, 0.717) is 5.75 Å². The fourth-order valence-electron chi connectivity index (χ4n) is 3.54. The van der Waals surface area contributed by atoms with Crippen molar-refractivity contribution in [2.45, 2.75) is 63.6 Å². The number of benzene rings is 1. The Labute approximate surface area is 120 Å². The molecule has 1 aromatic carbocycles. The number of rotatable bonds is 2. The minimum atomic E-state index is 0.0614. The summed E-state index contributed by atoms with van der Waals surface area (Å²) >= 11 is 0. The molecule has 2 fully saturated rings. The fourth-order valence-corrected chi connectivity index (χ4v) is 3.54. The largest absolute Gasteiger partial charge is 0.508 e. The van der Waals surface area contributed by atoms with Gasteiger partial charge in [0.15, 0.2) is 0 Å². The second-order valence-electron chi connectivity index (χ2n) is 6.23. The van der Waals surface area contributed by atoms with Crippen molar-refractivity contribution in [3.63, 3.8) is 0 Å². The molecule has 3 rings (SSSR count). The van der Waals surface area contributed by atoms with Gasteiger partial charge in [0.1, 0.15) is 17.6 Å². The predicted molar refractivity (Wildman–Crippen MR) is 78.3 cm³/mol. The lowest BCUT2D eigenvalue weighted by Gasteiger charge is -2.43. The molecular formula is C17H24O3. The summed E-state index contributed by atoms with van der Waals surface area (Å²) in [5.74, 6) is 1.12. The molecule has 0 amide bonds. The minimum Gasteiger partial charge on any atom is -0.508 e. The fraction of sp³-hybridized carbons (Fsp3) is 0.647. The summed E-state index contributed by atoms with van der Waals surface area (Å²) in [7, 11) is 0. The van der Waals surface area contributed by atoms with Crippen molar-refractivity contribution in [3.8, 4) is 11.5 Å². The molecule has 20 heavy (non-hydrogen) atoms. The van der Waals surface area contributed by atoms with Gasteiger partial charge >= 0.3 is 0 Å². The van der Waals surface area contributed by atoms with Gasteiger partial charge in [-0.25, -0.2) is 0 Å². The zero-order valence-electron chi connectivity index (χ0n) is 12.2. The van der Waals surface area contributed by atoms with Crippen LogP contribution in [-0.4, -0.2) is 23.4 Å². The van der Waals surface area contributed by atoms with Gasteiger partial charge in [-0.3, -0.25) is 0 Å². The molecule has 1 N–H and O–H groups in total. The molecule has 3 heteroatoms. The Morgan fingerprint density at radius 3 is 2.85 bits per heavy atom. The van der Waals surface area contributed by atoms with Crippen LogP contribution in [0.25, 0.3) is 0 Å². The lowest BCUT2D eigenvalue weighted by atomic mass is 9.79. The third kappa shape index (κ3) is 2.78. The third-order valence-corrected chi connectivity index (χ3v) is 4.76. The van der Waals surface area contributed by atoms with Crippen LogP contribution in [0.15, 0.2) is 18.2 Å². The summed E-state index contributed by atoms with van der Waals surface area (Å²) in [6, 6.07) is 5.49. The second kappa shape index (κ2) is 5.65. The Balaban J connectivity index is 1.69. The smallest absolute Gasteiger partial charge is 0.126 e. The van der Waals surface area contributed by atoms with E-state index in [2.05, 4.69) is 0 Å². The normalized spacial score (nSPS) is 25.6. The zero-order valence-corrected chi connectivity index (χ0v) is 12.2. The lowest BCUT2D eigenvalue weighted by Crippen LogP contribution is -2.45. The van der Waals surface area contributed by atoms with Gasteiger partial charge in [-0.2, -0.15) is 0 Å². The molecule has 1 saturated heterocycles. The number of hydrogen-bond acceptors (Lipinski definition) is 3. The van der Waals surface area contributed by atoms with Crippen LogP contribution >= 0.6 is 0 Å². The quantitative estimate of drug-likeness (QED) is 0.888. The Kier molecular flexibility index (Phi) is 3.88. The van der Waals surface area contributed by atoms with E-state index in [-0.39, 0.29) is 11.7 Å². The van der Waals surface area contributed by atoms with Crippen LogP contribution in [0.1, 0.15) is 50.5 Å². The van der Waals surface area contributed by atoms with Crippen LogP contribution < -0.4 is 4.74 Å². The van der Waals surface area contributed by atoms with E-state index in [1.807, 2.05) is 19.1 Å². The molecule has 0 bridgehead atoms. The monoisotopic (exact) mass is 276 g/mol. The third-order valence-electron chi connectivity index (χ3n) is 4.76. The molecule has 3 nitrogen and oxygen atoms in total. The highest BCUT2D eigenvalue weighted by Crippen LogP contribution is 2.40. The summed E-state index contributed by atoms with van der Waals surface area (Å²) < 4.78 is 12.3. The van der Waals surface area contributed by atoms with Crippen molar-refractivity contribution in [2.75, 3.05) is 6.61 Å². The zero-order chi connectivity index (χ0) is 14.0. The van der Waals surface area contributed by atoms with Gasteiger partial charge in [-0.15, -0.1) is 0 Å². The van der Waals surface area contributed by atoms with Gasteiger partial charge in [-0.05, 0) is 31.9 Å². The highest BCUT2D eigenvalue weighted by molar-refractivity contribution is 5.42. The number of phenolic OH excluding ortho intramolecular Hbond substituents is 1. The van der Waals surface area contributed by atoms with Gasteiger partial charge in [0.25, 0.3) is 0 Å². The highest BCUT2D eigenvalue weighted by atomic mass is 16.5. The topological polar surface area (TPSA) is 38.7 Å². The summed E-state index contributed by atoms with van der Waals surface area (Å²) in [6.45, 7) is 2.70. The maximum absolute atomic E-state index is 9.77. The van der Waals surface area contributed by atoms with E-state index in [0.717, 1.165) is 30.8 Å². The first-order valence-corrected chi connectivity index (χ1v) is 7.78. The van der Waals surface area contributed by atoms with Gasteiger partial charge in [0.2, 0.25) is 0 Å². The Morgan fingerprint density at radius 1 is 1.25 bits per heavy atom. The van der Waals surface area contributed by atoms with E-state index in [1.165, 1.54) is 32.1 Å². The number of hydrogen-bond donors (Lipinski definition) is 1. The van der Waals surface area contributed by atoms with Crippen molar-refractivity contribution >= 4 is 0 Å². The van der Waals surface area contributed by atoms with Crippen LogP contribution in [0.4, 0.5) is 0 Å². The minimum absolute atomic E-state index is 0.0614. The van der Waals surface area contributed by atoms with E-state index in [1.54, 1.807) is 6.07 Å². The summed E-state index contributed by atoms with van der Waals surface area (Å²) in [5.41, 5.74) is 0.892. The molecular weight excluding hydrogens is 252 g/mol. The van der Waals surface area contributed by atoms with Crippen LogP contribution in [0.2, 0.25) is 0 Å². The second-order valence-corrected chi connectivity index (χ2v) is 6.23. The van der Waals surface area contributed by atoms with Crippen molar-refractivity contribution in [3.05, 3.63) is 23.8 Å². The number of aromatic hydroxyl groups is 1. The van der Waals surface area contributed by atoms with Crippen molar-refractivity contribution in [1.29, 1.82) is 0 Å². The Morgan fingerprint density at radius 2 is 2.05 bits per heavy atom. The van der Waals surface area contributed by atoms with Crippen LogP contribution in [0.5, 0.6) is 11.5 Å². The molecule has 1 aliphatic heterocycles. The maximum atomic E-state index is 9.77. The predicted octanol–water partition coefficient (Wildman–Crippen LogP) is 3.96. The van der Waals surface area contributed by atoms with Crippen molar-refractivity contribution in [1.82, 2.24) is 0 Å². The Hall–Kier alpha value is -1.22. The van der Waals surface area contributed by atoms with Crippen molar-refractivity contribution in [2.24, 2.45) is 0 Å². The summed E-state index contributed by atoms with van der Waals surface area (Å²) in [6.07, 6.45) is 8.37. The number of phenols is 1. The molecule has 1 unspecified atom stereocenters. The molecule has 1 spiro atoms. The first-order valence-electron chi connectivity index (χ1n) is 7.78. The Bertz CT molecular complexity index is 458. The molecule has 1 heterocycles. The first-order chi connectivity index (χ1) is 9.69. The average Bonchev–Trinajstić information content (AvgIpc) is 2.45. The van der Waals surface area contributed by atoms with E-state index in [9.17, 15) is 5.11 Å².